The molecule has 8 heteroatoms. The van der Waals surface area contributed by atoms with Gasteiger partial charge in [0.25, 0.3) is 0 Å². The zero-order valence-electron chi connectivity index (χ0n) is 11.7. The number of rotatable bonds is 8. The number of nitrogens with two attached hydrogens (primary N) is 1. The van der Waals surface area contributed by atoms with Crippen LogP contribution >= 0.6 is 0 Å². The molecule has 0 aliphatic carbocycles. The van der Waals surface area contributed by atoms with E-state index in [0.717, 1.165) is 0 Å². The van der Waals surface area contributed by atoms with Crippen LogP contribution in [-0.4, -0.2) is 38.5 Å². The molecule has 0 fully saturated rings. The van der Waals surface area contributed by atoms with E-state index in [1.165, 1.54) is 4.68 Å². The van der Waals surface area contributed by atoms with E-state index in [2.05, 4.69) is 15.6 Å². The van der Waals surface area contributed by atoms with Crippen LogP contribution in [-0.2, 0) is 22.7 Å². The van der Waals surface area contributed by atoms with Gasteiger partial charge in [0.05, 0.1) is 17.8 Å². The number of nitrogens with one attached hydrogen (secondary N) is 1. The minimum Gasteiger partial charge on any atom is -0.481 e. The molecule has 0 radical (unpaired) electrons. The van der Waals surface area contributed by atoms with Crippen molar-refractivity contribution >= 4 is 11.9 Å². The van der Waals surface area contributed by atoms with Gasteiger partial charge in [-0.2, -0.15) is 0 Å². The first-order valence-electron chi connectivity index (χ1n) is 6.51. The van der Waals surface area contributed by atoms with E-state index in [1.54, 1.807) is 6.20 Å². The number of carbonyl (C=O) groups is 2. The highest BCUT2D eigenvalue weighted by molar-refractivity contribution is 5.77. The van der Waals surface area contributed by atoms with Gasteiger partial charge in [0, 0.05) is 13.1 Å². The van der Waals surface area contributed by atoms with Crippen LogP contribution in [0.1, 0.15) is 26.0 Å². The van der Waals surface area contributed by atoms with Gasteiger partial charge in [-0.3, -0.25) is 9.59 Å². The Morgan fingerprint density at radius 1 is 1.50 bits per heavy atom. The maximum absolute atomic E-state index is 11.7. The molecule has 8 nitrogen and oxygen atoms in total. The first kappa shape index (κ1) is 16.1. The Labute approximate surface area is 117 Å². The molecule has 0 aliphatic rings. The van der Waals surface area contributed by atoms with Crippen molar-refractivity contribution in [2.24, 2.45) is 17.6 Å². The number of hydrogen-bond acceptors (Lipinski definition) is 5. The van der Waals surface area contributed by atoms with Gasteiger partial charge >= 0.3 is 5.97 Å². The fraction of sp³-hybridized carbons (Fsp3) is 0.667. The predicted octanol–water partition coefficient (Wildman–Crippen LogP) is -0.400. The lowest BCUT2D eigenvalue weighted by Gasteiger charge is -2.15. The van der Waals surface area contributed by atoms with Crippen LogP contribution in [0.25, 0.3) is 0 Å². The predicted molar refractivity (Wildman–Crippen MR) is 71.5 cm³/mol. The third-order valence-corrected chi connectivity index (χ3v) is 2.75. The summed E-state index contributed by atoms with van der Waals surface area (Å²) < 4.78 is 1.37. The van der Waals surface area contributed by atoms with Crippen molar-refractivity contribution in [2.75, 3.05) is 6.54 Å². The van der Waals surface area contributed by atoms with Crippen molar-refractivity contribution in [3.8, 4) is 0 Å². The van der Waals surface area contributed by atoms with Gasteiger partial charge < -0.3 is 16.2 Å². The van der Waals surface area contributed by atoms with Gasteiger partial charge in [-0.1, -0.05) is 19.1 Å². The second kappa shape index (κ2) is 7.59. The van der Waals surface area contributed by atoms with Crippen molar-refractivity contribution in [3.63, 3.8) is 0 Å². The number of aromatic nitrogens is 3. The SMILES string of the molecule is CC(C)CC(CNC(=O)Cn1cc(CN)nn1)C(=O)O. The Morgan fingerprint density at radius 2 is 2.20 bits per heavy atom. The van der Waals surface area contributed by atoms with Crippen molar-refractivity contribution in [3.05, 3.63) is 11.9 Å². The zero-order valence-corrected chi connectivity index (χ0v) is 11.7. The molecule has 1 atom stereocenters. The van der Waals surface area contributed by atoms with Crippen molar-refractivity contribution in [1.82, 2.24) is 20.3 Å². The average Bonchev–Trinajstić information content (AvgIpc) is 2.81. The molecular weight excluding hydrogens is 262 g/mol. The van der Waals surface area contributed by atoms with E-state index in [-0.39, 0.29) is 31.5 Å². The van der Waals surface area contributed by atoms with Gasteiger partial charge in [-0.15, -0.1) is 5.10 Å². The van der Waals surface area contributed by atoms with Crippen molar-refractivity contribution in [1.29, 1.82) is 0 Å². The van der Waals surface area contributed by atoms with Gasteiger partial charge in [-0.05, 0) is 12.3 Å². The summed E-state index contributed by atoms with van der Waals surface area (Å²) in [7, 11) is 0. The molecule has 20 heavy (non-hydrogen) atoms. The molecule has 0 bridgehead atoms. The average molecular weight is 283 g/mol. The summed E-state index contributed by atoms with van der Waals surface area (Å²) in [6.45, 7) is 4.27. The van der Waals surface area contributed by atoms with Crippen LogP contribution < -0.4 is 11.1 Å². The molecule has 1 amide bonds. The van der Waals surface area contributed by atoms with Gasteiger partial charge in [0.15, 0.2) is 0 Å². The van der Waals surface area contributed by atoms with Gasteiger partial charge in [-0.25, -0.2) is 4.68 Å². The second-order valence-electron chi connectivity index (χ2n) is 5.08. The highest BCUT2D eigenvalue weighted by Gasteiger charge is 2.19. The minimum atomic E-state index is -0.898. The zero-order chi connectivity index (χ0) is 15.1. The normalized spacial score (nSPS) is 12.4. The first-order valence-corrected chi connectivity index (χ1v) is 6.51. The van der Waals surface area contributed by atoms with E-state index in [9.17, 15) is 9.59 Å². The monoisotopic (exact) mass is 283 g/mol. The Morgan fingerprint density at radius 3 is 2.70 bits per heavy atom. The number of nitrogens with zero attached hydrogens (tertiary/aromatic N) is 3. The van der Waals surface area contributed by atoms with Crippen molar-refractivity contribution in [2.45, 2.75) is 33.4 Å². The standard InChI is InChI=1S/C12H21N5O3/c1-8(2)3-9(12(19)20)5-14-11(18)7-17-6-10(4-13)15-16-17/h6,8-9H,3-5,7,13H2,1-2H3,(H,14,18)(H,19,20). The summed E-state index contributed by atoms with van der Waals surface area (Å²) in [6, 6.07) is 0. The molecule has 4 N–H and O–H groups in total. The van der Waals surface area contributed by atoms with Crippen LogP contribution in [0.2, 0.25) is 0 Å². The highest BCUT2D eigenvalue weighted by Crippen LogP contribution is 2.11. The fourth-order valence-corrected chi connectivity index (χ4v) is 1.79. The molecule has 0 saturated heterocycles. The quantitative estimate of drug-likeness (QED) is 0.596. The van der Waals surface area contributed by atoms with E-state index < -0.39 is 11.9 Å². The number of carbonyl (C=O) groups excluding carboxylic acids is 1. The van der Waals surface area contributed by atoms with Gasteiger partial charge in [0.1, 0.15) is 6.54 Å². The Hall–Kier alpha value is -1.96. The lowest BCUT2D eigenvalue weighted by Crippen LogP contribution is -2.35. The Balaban J connectivity index is 2.43. The number of carboxylic acid groups (broad SMARTS) is 1. The van der Waals surface area contributed by atoms with E-state index in [1.807, 2.05) is 13.8 Å². The molecule has 112 valence electrons. The van der Waals surface area contributed by atoms with E-state index >= 15 is 0 Å². The largest absolute Gasteiger partial charge is 0.481 e. The number of carboxylic acids is 1. The molecule has 0 aliphatic heterocycles. The molecule has 1 aromatic rings. The summed E-state index contributed by atoms with van der Waals surface area (Å²) in [5.41, 5.74) is 5.99. The summed E-state index contributed by atoms with van der Waals surface area (Å²) in [4.78, 5) is 22.8. The van der Waals surface area contributed by atoms with Crippen molar-refractivity contribution < 1.29 is 14.7 Å². The molecule has 0 aromatic carbocycles. The van der Waals surface area contributed by atoms with Crippen LogP contribution in [0.5, 0.6) is 0 Å². The van der Waals surface area contributed by atoms with E-state index in [0.29, 0.717) is 12.1 Å². The minimum absolute atomic E-state index is 0.00101. The molecule has 1 aromatic heterocycles. The number of hydrogen-bond donors (Lipinski definition) is 3. The third-order valence-electron chi connectivity index (χ3n) is 2.75. The topological polar surface area (TPSA) is 123 Å². The highest BCUT2D eigenvalue weighted by atomic mass is 16.4. The Bertz CT molecular complexity index is 458. The molecule has 1 rings (SSSR count). The van der Waals surface area contributed by atoms with Crippen LogP contribution in [0.4, 0.5) is 0 Å². The number of amides is 1. The van der Waals surface area contributed by atoms with Crippen LogP contribution in [0.15, 0.2) is 6.20 Å². The Kier molecular flexibility index (Phi) is 6.10. The third kappa shape index (κ3) is 5.35. The molecule has 1 unspecified atom stereocenters. The first-order chi connectivity index (χ1) is 9.42. The maximum atomic E-state index is 11.7. The molecular formula is C12H21N5O3. The maximum Gasteiger partial charge on any atom is 0.308 e. The molecule has 0 spiro atoms. The number of aliphatic carboxylic acids is 1. The van der Waals surface area contributed by atoms with Crippen LogP contribution in [0.3, 0.4) is 0 Å². The molecule has 1 heterocycles. The summed E-state index contributed by atoms with van der Waals surface area (Å²) in [5, 5.41) is 19.2. The smallest absolute Gasteiger partial charge is 0.308 e. The second-order valence-corrected chi connectivity index (χ2v) is 5.08. The summed E-state index contributed by atoms with van der Waals surface area (Å²) in [6.07, 6.45) is 2.11. The summed E-state index contributed by atoms with van der Waals surface area (Å²) in [5.74, 6) is -1.51. The summed E-state index contributed by atoms with van der Waals surface area (Å²) >= 11 is 0. The fourth-order valence-electron chi connectivity index (χ4n) is 1.79. The van der Waals surface area contributed by atoms with Crippen LogP contribution in [0, 0.1) is 11.8 Å². The molecule has 0 saturated carbocycles. The van der Waals surface area contributed by atoms with E-state index in [4.69, 9.17) is 10.8 Å². The lowest BCUT2D eigenvalue weighted by molar-refractivity contribution is -0.142. The lowest BCUT2D eigenvalue weighted by atomic mass is 9.97. The van der Waals surface area contributed by atoms with Gasteiger partial charge in [0.2, 0.25) is 5.91 Å².